The van der Waals surface area contributed by atoms with Crippen molar-refractivity contribution in [2.45, 2.75) is 38.5 Å². The van der Waals surface area contributed by atoms with Gasteiger partial charge in [0.05, 0.1) is 30.0 Å². The number of alkyl halides is 2. The van der Waals surface area contributed by atoms with E-state index in [0.717, 1.165) is 5.56 Å². The summed E-state index contributed by atoms with van der Waals surface area (Å²) in [6, 6.07) is 13.7. The van der Waals surface area contributed by atoms with E-state index < -0.39 is 17.7 Å². The highest BCUT2D eigenvalue weighted by Crippen LogP contribution is 2.30. The van der Waals surface area contributed by atoms with Crippen LogP contribution in [0, 0.1) is 24.7 Å². The number of piperidine rings is 1. The molecule has 3 N–H and O–H groups in total. The Morgan fingerprint density at radius 2 is 2.00 bits per heavy atom. The fourth-order valence-electron chi connectivity index (χ4n) is 5.22. The minimum absolute atomic E-state index is 0.0766. The lowest BCUT2D eigenvalue weighted by Gasteiger charge is -2.32. The molecule has 0 saturated carbocycles. The zero-order chi connectivity index (χ0) is 32.0. The third-order valence-corrected chi connectivity index (χ3v) is 8.03. The summed E-state index contributed by atoms with van der Waals surface area (Å²) in [5.41, 5.74) is 2.86. The highest BCUT2D eigenvalue weighted by atomic mass is 32.1. The van der Waals surface area contributed by atoms with Crippen LogP contribution < -0.4 is 10.6 Å². The maximum absolute atomic E-state index is 13.7. The summed E-state index contributed by atoms with van der Waals surface area (Å²) < 4.78 is 32.7. The number of hydrogen-bond donors (Lipinski definition) is 3. The first-order valence-corrected chi connectivity index (χ1v) is 15.0. The van der Waals surface area contributed by atoms with Crippen LogP contribution in [0.1, 0.15) is 46.5 Å². The molecule has 1 atom stereocenters. The molecular weight excluding hydrogens is 598 g/mol. The van der Waals surface area contributed by atoms with E-state index in [-0.39, 0.29) is 46.5 Å². The van der Waals surface area contributed by atoms with Crippen molar-refractivity contribution in [1.29, 1.82) is 0 Å². The minimum Gasteiger partial charge on any atom is -0.505 e. The van der Waals surface area contributed by atoms with Gasteiger partial charge in [-0.15, -0.1) is 0 Å². The molecule has 5 rings (SSSR count). The zero-order valence-corrected chi connectivity index (χ0v) is 25.4. The van der Waals surface area contributed by atoms with Crippen molar-refractivity contribution >= 4 is 46.5 Å². The summed E-state index contributed by atoms with van der Waals surface area (Å²) in [6.45, 7) is 2.67. The number of anilines is 2. The van der Waals surface area contributed by atoms with Crippen molar-refractivity contribution in [3.05, 3.63) is 89.0 Å². The number of halogens is 2. The van der Waals surface area contributed by atoms with Gasteiger partial charge in [-0.2, -0.15) is 0 Å². The van der Waals surface area contributed by atoms with Crippen molar-refractivity contribution < 1.29 is 27.9 Å². The Balaban J connectivity index is 1.18. The number of furan rings is 1. The number of para-hydroxylation sites is 1. The van der Waals surface area contributed by atoms with E-state index in [9.17, 15) is 23.5 Å². The first kappa shape index (κ1) is 31.8. The molecule has 11 heteroatoms. The molecule has 2 aliphatic rings. The van der Waals surface area contributed by atoms with E-state index >= 15 is 0 Å². The highest BCUT2D eigenvalue weighted by Gasteiger charge is 2.34. The zero-order valence-electron chi connectivity index (χ0n) is 24.6. The Hall–Kier alpha value is -4.66. The van der Waals surface area contributed by atoms with Crippen molar-refractivity contribution in [2.75, 3.05) is 30.3 Å². The summed E-state index contributed by atoms with van der Waals surface area (Å²) >= 11 is 5.58. The Kier molecular flexibility index (Phi) is 9.86. The second-order valence-corrected chi connectivity index (χ2v) is 11.5. The molecule has 1 aromatic heterocycles. The van der Waals surface area contributed by atoms with Crippen LogP contribution in [-0.2, 0) is 11.2 Å². The van der Waals surface area contributed by atoms with Gasteiger partial charge in [0, 0.05) is 40.5 Å². The summed E-state index contributed by atoms with van der Waals surface area (Å²) in [7, 11) is 0. The summed E-state index contributed by atoms with van der Waals surface area (Å²) in [4.78, 5) is 31.9. The van der Waals surface area contributed by atoms with E-state index in [1.807, 2.05) is 0 Å². The first-order valence-electron chi connectivity index (χ1n) is 14.6. The van der Waals surface area contributed by atoms with Gasteiger partial charge in [0.25, 0.3) is 17.7 Å². The third-order valence-electron chi connectivity index (χ3n) is 7.55. The number of likely N-dealkylation sites (tertiary alicyclic amines) is 1. The number of hydrogen-bond acceptors (Lipinski definition) is 7. The molecule has 0 bridgehead atoms. The van der Waals surface area contributed by atoms with Gasteiger partial charge in [-0.1, -0.05) is 42.3 Å². The van der Waals surface area contributed by atoms with Crippen LogP contribution in [0.25, 0.3) is 0 Å². The lowest BCUT2D eigenvalue weighted by Crippen LogP contribution is -2.42. The molecule has 2 aromatic carbocycles. The molecule has 2 aliphatic heterocycles. The largest absolute Gasteiger partial charge is 0.505 e. The van der Waals surface area contributed by atoms with Gasteiger partial charge in [0.15, 0.2) is 5.76 Å². The lowest BCUT2D eigenvalue weighted by atomic mass is 9.97. The van der Waals surface area contributed by atoms with Crippen LogP contribution in [0.5, 0.6) is 5.75 Å². The van der Waals surface area contributed by atoms with E-state index in [2.05, 4.69) is 27.5 Å². The number of benzene rings is 2. The normalized spacial score (nSPS) is 17.6. The smallest absolute Gasteiger partial charge is 0.291 e. The van der Waals surface area contributed by atoms with Gasteiger partial charge in [-0.3, -0.25) is 19.5 Å². The molecule has 3 heterocycles. The molecule has 0 spiro atoms. The number of thiocarbonyl (C=S) groups is 1. The SMILES string of the molecule is Cc1ccoc1C(=O)Nc1cccc(C#C[C@H]2C=NC=C(C(=O)Nc3cccc(CCCN4CCCC(F)(F)C4)c3O)C2=S)c1. The second-order valence-electron chi connectivity index (χ2n) is 11.0. The summed E-state index contributed by atoms with van der Waals surface area (Å²) in [5.74, 6) is 2.05. The molecular formula is C34H32F2N4O4S. The number of amides is 2. The predicted octanol–water partition coefficient (Wildman–Crippen LogP) is 6.15. The number of aliphatic imine (C=N–C) groups is 1. The second kappa shape index (κ2) is 14.0. The van der Waals surface area contributed by atoms with Gasteiger partial charge >= 0.3 is 0 Å². The summed E-state index contributed by atoms with van der Waals surface area (Å²) in [6.07, 6.45) is 5.81. The molecule has 0 radical (unpaired) electrons. The number of carbonyl (C=O) groups excluding carboxylic acids is 2. The molecule has 1 saturated heterocycles. The lowest BCUT2D eigenvalue weighted by molar-refractivity contribution is -0.112. The monoisotopic (exact) mass is 630 g/mol. The number of carbonyl (C=O) groups is 2. The topological polar surface area (TPSA) is 107 Å². The maximum Gasteiger partial charge on any atom is 0.291 e. The average molecular weight is 631 g/mol. The van der Waals surface area contributed by atoms with E-state index in [1.54, 1.807) is 66.6 Å². The average Bonchev–Trinajstić information content (AvgIpc) is 3.44. The number of aryl methyl sites for hydroxylation is 2. The molecule has 8 nitrogen and oxygen atoms in total. The van der Waals surface area contributed by atoms with Crippen LogP contribution >= 0.6 is 12.2 Å². The van der Waals surface area contributed by atoms with Crippen molar-refractivity contribution in [3.63, 3.8) is 0 Å². The van der Waals surface area contributed by atoms with E-state index in [1.165, 1.54) is 12.5 Å². The summed E-state index contributed by atoms with van der Waals surface area (Å²) in [5, 5.41) is 16.3. The molecule has 1 fully saturated rings. The Morgan fingerprint density at radius 3 is 2.78 bits per heavy atom. The molecule has 3 aromatic rings. The molecule has 2 amide bonds. The maximum atomic E-state index is 13.7. The van der Waals surface area contributed by atoms with Gasteiger partial charge in [0.1, 0.15) is 5.75 Å². The van der Waals surface area contributed by atoms with Crippen LogP contribution in [-0.4, -0.2) is 58.5 Å². The molecule has 0 aliphatic carbocycles. The van der Waals surface area contributed by atoms with Gasteiger partial charge < -0.3 is 20.2 Å². The fraction of sp³-hybridized carbons (Fsp3) is 0.294. The van der Waals surface area contributed by atoms with E-state index in [0.29, 0.717) is 49.2 Å². The third kappa shape index (κ3) is 8.09. The minimum atomic E-state index is -2.65. The number of nitrogens with one attached hydrogen (secondary N) is 2. The Morgan fingerprint density at radius 1 is 1.18 bits per heavy atom. The van der Waals surface area contributed by atoms with E-state index in [4.69, 9.17) is 16.6 Å². The molecule has 0 unspecified atom stereocenters. The van der Waals surface area contributed by atoms with Crippen LogP contribution in [0.15, 0.2) is 76.0 Å². The number of aromatic hydroxyl groups is 1. The predicted molar refractivity (Wildman–Crippen MR) is 173 cm³/mol. The van der Waals surface area contributed by atoms with Gasteiger partial charge in [-0.25, -0.2) is 8.78 Å². The Labute approximate surface area is 265 Å². The van der Waals surface area contributed by atoms with Crippen molar-refractivity contribution in [2.24, 2.45) is 10.9 Å². The van der Waals surface area contributed by atoms with Crippen molar-refractivity contribution in [3.8, 4) is 17.6 Å². The van der Waals surface area contributed by atoms with Gasteiger partial charge in [-0.05, 0) is 75.2 Å². The number of phenols is 1. The Bertz CT molecular complexity index is 1740. The standard InChI is InChI=1S/C34H32F2N4O4S/c1-22-13-17-44-30(22)33(43)38-26-9-2-6-23(18-26)11-12-25-19-37-20-27(31(25)45)32(42)39-28-10-3-7-24(29(28)41)8-4-15-40-16-5-14-34(35,36)21-40/h2-3,6-7,9-10,13,17-20,25,41H,4-5,8,14-16,21H2,1H3,(H,38,43)(H,39,42)/t25-/m0/s1. The quantitative estimate of drug-likeness (QED) is 0.157. The fourth-order valence-corrected chi connectivity index (χ4v) is 5.48. The van der Waals surface area contributed by atoms with Crippen LogP contribution in [0.3, 0.4) is 0 Å². The van der Waals surface area contributed by atoms with Gasteiger partial charge in [0.2, 0.25) is 0 Å². The molecule has 45 heavy (non-hydrogen) atoms. The molecule has 232 valence electrons. The number of phenolic OH excluding ortho intramolecular Hbond substituents is 1. The highest BCUT2D eigenvalue weighted by molar-refractivity contribution is 7.81. The van der Waals surface area contributed by atoms with Crippen molar-refractivity contribution in [1.82, 2.24) is 4.90 Å². The number of rotatable bonds is 8. The van der Waals surface area contributed by atoms with Crippen LogP contribution in [0.4, 0.5) is 20.2 Å². The van der Waals surface area contributed by atoms with Crippen LogP contribution in [0.2, 0.25) is 0 Å². The number of nitrogens with zero attached hydrogens (tertiary/aromatic N) is 2. The first-order chi connectivity index (χ1) is 21.6.